The number of rotatable bonds is 46. The minimum Gasteiger partial charge on any atom is -0.456 e. The summed E-state index contributed by atoms with van der Waals surface area (Å²) in [5.41, 5.74) is 19.6. The highest BCUT2D eigenvalue weighted by Gasteiger charge is 2.59. The van der Waals surface area contributed by atoms with Crippen molar-refractivity contribution in [1.29, 1.82) is 0 Å². The fourth-order valence-electron chi connectivity index (χ4n) is 18.1. The van der Waals surface area contributed by atoms with Crippen molar-refractivity contribution in [3.63, 3.8) is 0 Å². The standard InChI is InChI=1S/C44H76N6O11.C30H50N2O9.C13H25N5O3.CH4/c1-15-23-56-40(53)46-26-32-24-33(49(12)13)29(5)39(57-32)58-37(30(6)35-31(7)38(52)60-42(8,9)59-35)43(10,55-14)25-27(3)19-20-28(4)36-44(11,34(51)16-2)61-41(54)50(36)22-18-17-21-47-48-45;1-12-13-37-28(35)31-16-22-14-23(32(9)10)19(3)27(38-22)39-25(30(8,36-11)15-18(2)17-33)20(4)24-21(5)26(34)41-29(6,7)40-24;1-4-10(19)13(3)11(9(2)14)18(12(20)21-13)8-6-5-7-16-17-15;/h15,27-30,32-34,36-37,39,51H,1,16-26H2,2-14H3,(H,46,53);12,17-20,22-23,25,27H,1,13-16H2,2-11H3,(H,31,35);9-11,19H,4-8,14H2,1-3H3;1H4/t27-,28-,29?,30-,32?,33?,34+,36+,37+,39-,43+,44+;18-,19?,20+,22?,23?,25-,27+,30-;9-,10-,11-,13-;/m011./s1. The van der Waals surface area contributed by atoms with Gasteiger partial charge in [0.05, 0.1) is 71.1 Å². The van der Waals surface area contributed by atoms with Crippen molar-refractivity contribution in [2.45, 2.75) is 336 Å². The minimum absolute atomic E-state index is 0. The monoisotopic (exact) mass is 1760 g/mol. The Balaban J connectivity index is 0.000000539. The van der Waals surface area contributed by atoms with Gasteiger partial charge in [-0.25, -0.2) is 28.8 Å². The zero-order valence-corrected chi connectivity index (χ0v) is 78.4. The number of unbranched alkanes of at least 4 members (excludes halogenated alkanes) is 2. The summed E-state index contributed by atoms with van der Waals surface area (Å²) in [5.74, 6) is -3.87. The molecule has 124 heavy (non-hydrogen) atoms. The summed E-state index contributed by atoms with van der Waals surface area (Å²) in [6.07, 6.45) is 3.86. The van der Waals surface area contributed by atoms with Crippen molar-refractivity contribution in [1.82, 2.24) is 30.2 Å². The summed E-state index contributed by atoms with van der Waals surface area (Å²) in [4.78, 5) is 101. The molecule has 0 aromatic carbocycles. The molecule has 0 bridgehead atoms. The molecule has 710 valence electrons. The molecule has 0 aromatic rings. The summed E-state index contributed by atoms with van der Waals surface area (Å²) in [6, 6.07) is -0.966. The smallest absolute Gasteiger partial charge is 0.410 e. The van der Waals surface area contributed by atoms with Gasteiger partial charge in [-0.15, -0.1) is 0 Å². The number of nitrogens with one attached hydrogen (secondary N) is 2. The van der Waals surface area contributed by atoms with Gasteiger partial charge in [-0.3, -0.25) is 4.90 Å². The van der Waals surface area contributed by atoms with E-state index in [4.69, 9.17) is 83.1 Å². The quantitative estimate of drug-likeness (QED) is 0.00552. The first-order valence-electron chi connectivity index (χ1n) is 43.5. The van der Waals surface area contributed by atoms with Crippen LogP contribution in [0, 0.1) is 41.4 Å². The molecule has 24 atom stereocenters. The van der Waals surface area contributed by atoms with Crippen molar-refractivity contribution in [2.75, 3.05) is 94.9 Å². The largest absolute Gasteiger partial charge is 0.456 e. The number of methoxy groups -OCH3 is 2. The third kappa shape index (κ3) is 30.0. The molecular formula is C88H155N13O23. The Morgan fingerprint density at radius 1 is 0.637 bits per heavy atom. The topological polar surface area (TPSA) is 450 Å². The van der Waals surface area contributed by atoms with Gasteiger partial charge in [-0.05, 0) is 170 Å². The molecule has 4 fully saturated rings. The van der Waals surface area contributed by atoms with Gasteiger partial charge in [0.2, 0.25) is 11.6 Å². The second-order valence-corrected chi connectivity index (χ2v) is 36.1. The van der Waals surface area contributed by atoms with Gasteiger partial charge >= 0.3 is 36.3 Å². The van der Waals surface area contributed by atoms with Crippen molar-refractivity contribution in [2.24, 2.45) is 57.4 Å². The van der Waals surface area contributed by atoms with Crippen LogP contribution in [0.2, 0.25) is 0 Å². The van der Waals surface area contributed by atoms with E-state index in [0.717, 1.165) is 19.1 Å². The normalized spacial score (nSPS) is 28.1. The lowest BCUT2D eigenvalue weighted by Gasteiger charge is -2.48. The lowest BCUT2D eigenvalue weighted by Crippen LogP contribution is -2.58. The zero-order chi connectivity index (χ0) is 93.0. The molecule has 4 amide bonds. The molecule has 6 heterocycles. The van der Waals surface area contributed by atoms with E-state index in [0.29, 0.717) is 113 Å². The number of aliphatic hydroxyl groups excluding tert-OH is 2. The Kier molecular flexibility index (Phi) is 44.8. The number of cyclic esters (lactones) is 4. The average Bonchev–Trinajstić information content (AvgIpc) is 1.63. The third-order valence-electron chi connectivity index (χ3n) is 24.7. The number of alkyl carbamates (subject to hydrolysis) is 2. The molecule has 6 N–H and O–H groups in total. The van der Waals surface area contributed by atoms with Crippen LogP contribution in [-0.2, 0) is 80.7 Å². The molecule has 36 heteroatoms. The number of hydrogen-bond donors (Lipinski definition) is 5. The molecule has 6 unspecified atom stereocenters. The molecule has 4 saturated heterocycles. The SMILES string of the molecule is C.C=CCOC(=O)NCC1CC(N(C)C)C(C)[C@H](O[C@H]([C@@H](C)C2=C(C)C(=O)OC(C)(C)O2)[C@@](C)(C[C@@H](C)C=O)OC)O1.C=CCOC(=O)NCC1CC(N(C)C)C(C)[C@H](O[C@H]([C@@H](C)C2=C(C)C(=O)OC(C)(C)O2)[C@@](C)(C[C@@H](C)CC[C@H](C)[C@H]2N(CCCCN=[N+]=[N-])C(=O)O[C@]2(C)[C@H](O)CC)OC)O1.CC[C@@H](O)[C@@]1(C)OC(=O)N(CCCCN=[N+]=[N-])[C@@H]1[C@@H](C)N. The number of amides is 4. The maximum atomic E-state index is 13.3. The fraction of sp³-hybridized carbons (Fsp3) is 0.830. The number of nitrogens with zero attached hydrogens (tertiary/aromatic N) is 10. The molecule has 6 rings (SSSR count). The number of carbonyl (C=O) groups is 7. The molecule has 0 radical (unpaired) electrons. The fourth-order valence-corrected chi connectivity index (χ4v) is 18.1. The van der Waals surface area contributed by atoms with Crippen LogP contribution >= 0.6 is 0 Å². The van der Waals surface area contributed by atoms with Gasteiger partial charge in [0.25, 0.3) is 0 Å². The van der Waals surface area contributed by atoms with E-state index < -0.39 is 125 Å². The number of azide groups is 2. The number of aldehydes is 1. The molecule has 0 aromatic heterocycles. The summed E-state index contributed by atoms with van der Waals surface area (Å²) in [7, 11) is 11.3. The number of carbonyl (C=O) groups excluding carboxylic acids is 7. The Bertz CT molecular complexity index is 3610. The van der Waals surface area contributed by atoms with Gasteiger partial charge in [0, 0.05) is 139 Å². The van der Waals surface area contributed by atoms with Gasteiger partial charge in [0.1, 0.15) is 31.0 Å². The average molecular weight is 1760 g/mol. The van der Waals surface area contributed by atoms with Crippen LogP contribution in [-0.4, -0.2) is 281 Å². The molecule has 0 saturated carbocycles. The zero-order valence-electron chi connectivity index (χ0n) is 78.4. The Hall–Kier alpha value is -7.57. The second-order valence-electron chi connectivity index (χ2n) is 36.1. The van der Waals surface area contributed by atoms with Crippen LogP contribution < -0.4 is 16.4 Å². The molecule has 36 nitrogen and oxygen atoms in total. The van der Waals surface area contributed by atoms with Crippen LogP contribution in [0.4, 0.5) is 19.2 Å². The van der Waals surface area contributed by atoms with E-state index in [2.05, 4.69) is 81.3 Å². The number of aliphatic hydroxyl groups is 2. The molecule has 6 aliphatic heterocycles. The highest BCUT2D eigenvalue weighted by atomic mass is 16.7. The second kappa shape index (κ2) is 50.3. The van der Waals surface area contributed by atoms with Gasteiger partial charge in [0.15, 0.2) is 23.8 Å². The highest BCUT2D eigenvalue weighted by Crippen LogP contribution is 2.47. The number of nitrogens with two attached hydrogens (primary N) is 1. The molecule has 0 spiro atoms. The maximum Gasteiger partial charge on any atom is 0.410 e. The number of ether oxygens (including phenoxy) is 14. The van der Waals surface area contributed by atoms with Crippen LogP contribution in [0.1, 0.15) is 223 Å². The Morgan fingerprint density at radius 2 is 1.02 bits per heavy atom. The summed E-state index contributed by atoms with van der Waals surface area (Å²) >= 11 is 0. The van der Waals surface area contributed by atoms with Crippen LogP contribution in [0.25, 0.3) is 20.9 Å². The van der Waals surface area contributed by atoms with E-state index in [9.17, 15) is 43.8 Å². The van der Waals surface area contributed by atoms with Crippen molar-refractivity contribution >= 4 is 42.6 Å². The van der Waals surface area contributed by atoms with Crippen LogP contribution in [0.3, 0.4) is 0 Å². The highest BCUT2D eigenvalue weighted by molar-refractivity contribution is 5.90. The predicted molar refractivity (Wildman–Crippen MR) is 468 cm³/mol. The van der Waals surface area contributed by atoms with E-state index >= 15 is 0 Å². The number of hydrogen-bond acceptors (Lipinski definition) is 28. The summed E-state index contributed by atoms with van der Waals surface area (Å²) < 4.78 is 84.8. The van der Waals surface area contributed by atoms with Crippen LogP contribution in [0.15, 0.2) is 58.2 Å². The minimum atomic E-state index is -1.21. The lowest BCUT2D eigenvalue weighted by atomic mass is 9.76. The van der Waals surface area contributed by atoms with Gasteiger partial charge in [-0.1, -0.05) is 112 Å². The first-order chi connectivity index (χ1) is 57.5. The molecule has 0 aliphatic carbocycles. The lowest BCUT2D eigenvalue weighted by molar-refractivity contribution is -0.286. The van der Waals surface area contributed by atoms with Gasteiger partial charge < -0.3 is 112 Å². The van der Waals surface area contributed by atoms with E-state index in [-0.39, 0.29) is 99.6 Å². The van der Waals surface area contributed by atoms with Gasteiger partial charge in [-0.2, -0.15) is 0 Å². The summed E-state index contributed by atoms with van der Waals surface area (Å²) in [5, 5.41) is 34.0. The summed E-state index contributed by atoms with van der Waals surface area (Å²) in [6.45, 7) is 46.6. The van der Waals surface area contributed by atoms with E-state index in [1.54, 1.807) is 79.4 Å². The predicted octanol–water partition coefficient (Wildman–Crippen LogP) is 13.7. The first-order valence-corrected chi connectivity index (χ1v) is 43.5. The Labute approximate surface area is 737 Å². The third-order valence-corrected chi connectivity index (χ3v) is 24.7. The maximum absolute atomic E-state index is 13.3. The molecule has 6 aliphatic rings. The van der Waals surface area contributed by atoms with Crippen molar-refractivity contribution in [3.05, 3.63) is 68.9 Å². The molecular weight excluding hydrogens is 1610 g/mol. The van der Waals surface area contributed by atoms with Crippen molar-refractivity contribution in [3.8, 4) is 0 Å². The van der Waals surface area contributed by atoms with E-state index in [1.165, 1.54) is 12.2 Å². The first kappa shape index (κ1) is 111. The van der Waals surface area contributed by atoms with Crippen LogP contribution in [0.5, 0.6) is 0 Å². The Morgan fingerprint density at radius 3 is 1.36 bits per heavy atom. The van der Waals surface area contributed by atoms with Crippen molar-refractivity contribution < 1.29 is 110 Å². The van der Waals surface area contributed by atoms with E-state index in [1.807, 2.05) is 83.6 Å². The number of esters is 2.